The maximum atomic E-state index is 11.8. The summed E-state index contributed by atoms with van der Waals surface area (Å²) in [7, 11) is 0. The Kier molecular flexibility index (Phi) is 6.40. The van der Waals surface area contributed by atoms with Crippen molar-refractivity contribution in [3.8, 4) is 0 Å². The first kappa shape index (κ1) is 19.1. The standard InChI is InChI=1S/C17H15ClN4O4/c1-2-11-3-5-13(6-4-11)20-16(23)17(24)21-19-10-12-9-14(22(25)26)7-8-15(12)18/h3-10H,2H2,1H3,(H,20,23)(H,21,24)/b19-10+. The molecule has 0 aliphatic rings. The Morgan fingerprint density at radius 2 is 1.88 bits per heavy atom. The molecule has 0 saturated heterocycles. The van der Waals surface area contributed by atoms with Gasteiger partial charge in [0.15, 0.2) is 0 Å². The summed E-state index contributed by atoms with van der Waals surface area (Å²) in [6.07, 6.45) is 1.99. The molecule has 0 bridgehead atoms. The molecule has 0 saturated carbocycles. The van der Waals surface area contributed by atoms with Crippen molar-refractivity contribution in [3.63, 3.8) is 0 Å². The summed E-state index contributed by atoms with van der Waals surface area (Å²) >= 11 is 5.90. The third kappa shape index (κ3) is 5.12. The minimum Gasteiger partial charge on any atom is -0.318 e. The zero-order valence-electron chi connectivity index (χ0n) is 13.7. The van der Waals surface area contributed by atoms with Gasteiger partial charge in [-0.25, -0.2) is 5.43 Å². The molecule has 2 amide bonds. The number of halogens is 1. The second-order valence-corrected chi connectivity index (χ2v) is 5.57. The van der Waals surface area contributed by atoms with Crippen molar-refractivity contribution in [3.05, 3.63) is 68.7 Å². The van der Waals surface area contributed by atoms with Gasteiger partial charge in [0.05, 0.1) is 11.1 Å². The highest BCUT2D eigenvalue weighted by Crippen LogP contribution is 2.20. The van der Waals surface area contributed by atoms with E-state index >= 15 is 0 Å². The van der Waals surface area contributed by atoms with E-state index < -0.39 is 16.7 Å². The quantitative estimate of drug-likeness (QED) is 0.362. The highest BCUT2D eigenvalue weighted by molar-refractivity contribution is 6.39. The molecule has 0 aliphatic heterocycles. The second-order valence-electron chi connectivity index (χ2n) is 5.17. The van der Waals surface area contributed by atoms with Gasteiger partial charge in [-0.2, -0.15) is 5.10 Å². The summed E-state index contributed by atoms with van der Waals surface area (Å²) in [6, 6.07) is 10.9. The van der Waals surface area contributed by atoms with Crippen LogP contribution in [0, 0.1) is 10.1 Å². The van der Waals surface area contributed by atoms with Gasteiger partial charge < -0.3 is 5.32 Å². The smallest absolute Gasteiger partial charge is 0.318 e. The predicted molar refractivity (Wildman–Crippen MR) is 98.3 cm³/mol. The molecule has 0 aliphatic carbocycles. The number of nitrogens with zero attached hydrogens (tertiary/aromatic N) is 2. The topological polar surface area (TPSA) is 114 Å². The van der Waals surface area contributed by atoms with Crippen molar-refractivity contribution < 1.29 is 14.5 Å². The molecule has 2 aromatic carbocycles. The number of hydrazone groups is 1. The fourth-order valence-electron chi connectivity index (χ4n) is 1.97. The monoisotopic (exact) mass is 374 g/mol. The van der Waals surface area contributed by atoms with Crippen LogP contribution >= 0.6 is 11.6 Å². The van der Waals surface area contributed by atoms with Crippen molar-refractivity contribution >= 4 is 41.0 Å². The van der Waals surface area contributed by atoms with Gasteiger partial charge in [-0.1, -0.05) is 30.7 Å². The van der Waals surface area contributed by atoms with Crippen LogP contribution in [0.1, 0.15) is 18.1 Å². The summed E-state index contributed by atoms with van der Waals surface area (Å²) in [4.78, 5) is 33.7. The number of nitro groups is 1. The van der Waals surface area contributed by atoms with E-state index in [4.69, 9.17) is 11.6 Å². The van der Waals surface area contributed by atoms with Crippen molar-refractivity contribution in [2.75, 3.05) is 5.32 Å². The number of amides is 2. The van der Waals surface area contributed by atoms with E-state index in [-0.39, 0.29) is 16.3 Å². The normalized spacial score (nSPS) is 10.5. The molecule has 0 unspecified atom stereocenters. The Morgan fingerprint density at radius 3 is 2.50 bits per heavy atom. The fraction of sp³-hybridized carbons (Fsp3) is 0.118. The average Bonchev–Trinajstić information content (AvgIpc) is 2.63. The molecule has 2 aromatic rings. The third-order valence-corrected chi connectivity index (χ3v) is 3.73. The number of benzene rings is 2. The fourth-order valence-corrected chi connectivity index (χ4v) is 2.13. The lowest BCUT2D eigenvalue weighted by molar-refractivity contribution is -0.384. The molecule has 2 rings (SSSR count). The van der Waals surface area contributed by atoms with E-state index in [2.05, 4.69) is 10.4 Å². The third-order valence-electron chi connectivity index (χ3n) is 3.39. The van der Waals surface area contributed by atoms with Crippen molar-refractivity contribution in [2.45, 2.75) is 13.3 Å². The van der Waals surface area contributed by atoms with Crippen LogP contribution in [0.5, 0.6) is 0 Å². The molecule has 134 valence electrons. The molecular formula is C17H15ClN4O4. The van der Waals surface area contributed by atoms with Gasteiger partial charge in [0.2, 0.25) is 0 Å². The van der Waals surface area contributed by atoms with Crippen molar-refractivity contribution in [2.24, 2.45) is 5.10 Å². The van der Waals surface area contributed by atoms with Crippen LogP contribution < -0.4 is 10.7 Å². The van der Waals surface area contributed by atoms with Crippen molar-refractivity contribution in [1.82, 2.24) is 5.43 Å². The zero-order valence-corrected chi connectivity index (χ0v) is 14.5. The van der Waals surface area contributed by atoms with Crippen LogP contribution in [0.4, 0.5) is 11.4 Å². The summed E-state index contributed by atoms with van der Waals surface area (Å²) in [5.41, 5.74) is 3.68. The molecule has 0 fully saturated rings. The Hall–Kier alpha value is -3.26. The Morgan fingerprint density at radius 1 is 1.19 bits per heavy atom. The number of carbonyl (C=O) groups is 2. The van der Waals surface area contributed by atoms with Crippen LogP contribution in [0.15, 0.2) is 47.6 Å². The van der Waals surface area contributed by atoms with Crippen LogP contribution in [0.25, 0.3) is 0 Å². The minimum atomic E-state index is -0.984. The molecule has 0 spiro atoms. The van der Waals surface area contributed by atoms with E-state index in [9.17, 15) is 19.7 Å². The lowest BCUT2D eigenvalue weighted by atomic mass is 10.1. The number of rotatable bonds is 5. The lowest BCUT2D eigenvalue weighted by Crippen LogP contribution is -2.32. The molecule has 9 heteroatoms. The summed E-state index contributed by atoms with van der Waals surface area (Å²) in [5.74, 6) is -1.88. The van der Waals surface area contributed by atoms with Gasteiger partial charge in [-0.15, -0.1) is 0 Å². The van der Waals surface area contributed by atoms with E-state index in [1.54, 1.807) is 12.1 Å². The van der Waals surface area contributed by atoms with Gasteiger partial charge >= 0.3 is 11.8 Å². The largest absolute Gasteiger partial charge is 0.329 e. The molecule has 0 heterocycles. The maximum absolute atomic E-state index is 11.8. The van der Waals surface area contributed by atoms with Crippen LogP contribution in [0.2, 0.25) is 5.02 Å². The van der Waals surface area contributed by atoms with Gasteiger partial charge in [0.25, 0.3) is 5.69 Å². The Balaban J connectivity index is 1.96. The lowest BCUT2D eigenvalue weighted by Gasteiger charge is -2.05. The van der Waals surface area contributed by atoms with Gasteiger partial charge in [0, 0.05) is 28.4 Å². The number of nitro benzene ring substituents is 1. The minimum absolute atomic E-state index is 0.171. The van der Waals surface area contributed by atoms with E-state index in [0.717, 1.165) is 18.2 Å². The Labute approximate surface area is 154 Å². The predicted octanol–water partition coefficient (Wildman–Crippen LogP) is 2.90. The number of carbonyl (C=O) groups excluding carboxylic acids is 2. The zero-order chi connectivity index (χ0) is 19.1. The van der Waals surface area contributed by atoms with Gasteiger partial charge in [-0.3, -0.25) is 19.7 Å². The molecule has 8 nitrogen and oxygen atoms in total. The van der Waals surface area contributed by atoms with Gasteiger partial charge in [-0.05, 0) is 30.2 Å². The van der Waals surface area contributed by atoms with Crippen LogP contribution in [0.3, 0.4) is 0 Å². The number of nitrogens with one attached hydrogen (secondary N) is 2. The number of anilines is 1. The van der Waals surface area contributed by atoms with E-state index in [0.29, 0.717) is 5.69 Å². The number of hydrogen-bond acceptors (Lipinski definition) is 5. The van der Waals surface area contributed by atoms with Gasteiger partial charge in [0.1, 0.15) is 0 Å². The maximum Gasteiger partial charge on any atom is 0.329 e. The van der Waals surface area contributed by atoms with Crippen LogP contribution in [-0.4, -0.2) is 23.0 Å². The number of non-ortho nitro benzene ring substituents is 1. The number of hydrogen-bond donors (Lipinski definition) is 2. The SMILES string of the molecule is CCc1ccc(NC(=O)C(=O)N/N=C/c2cc([N+](=O)[O-])ccc2Cl)cc1. The Bertz CT molecular complexity index is 866. The van der Waals surface area contributed by atoms with E-state index in [1.165, 1.54) is 18.2 Å². The summed E-state index contributed by atoms with van der Waals surface area (Å²) < 4.78 is 0. The molecular weight excluding hydrogens is 360 g/mol. The molecule has 0 radical (unpaired) electrons. The molecule has 2 N–H and O–H groups in total. The molecule has 26 heavy (non-hydrogen) atoms. The van der Waals surface area contributed by atoms with Crippen LogP contribution in [-0.2, 0) is 16.0 Å². The highest BCUT2D eigenvalue weighted by Gasteiger charge is 2.13. The second kappa shape index (κ2) is 8.72. The first-order valence-corrected chi connectivity index (χ1v) is 7.95. The van der Waals surface area contributed by atoms with Crippen molar-refractivity contribution in [1.29, 1.82) is 0 Å². The van der Waals surface area contributed by atoms with E-state index in [1.807, 2.05) is 24.5 Å². The number of aryl methyl sites for hydroxylation is 1. The summed E-state index contributed by atoms with van der Waals surface area (Å²) in [6.45, 7) is 2.01. The first-order chi connectivity index (χ1) is 12.4. The molecule has 0 atom stereocenters. The average molecular weight is 375 g/mol. The molecule has 0 aromatic heterocycles. The summed E-state index contributed by atoms with van der Waals surface area (Å²) in [5, 5.41) is 17.0. The highest BCUT2D eigenvalue weighted by atomic mass is 35.5. The first-order valence-electron chi connectivity index (χ1n) is 7.58.